The third-order valence-corrected chi connectivity index (χ3v) is 5.47. The van der Waals surface area contributed by atoms with Gasteiger partial charge in [-0.2, -0.15) is 4.98 Å². The van der Waals surface area contributed by atoms with Gasteiger partial charge in [-0.15, -0.1) is 0 Å². The van der Waals surface area contributed by atoms with Crippen molar-refractivity contribution in [3.05, 3.63) is 108 Å². The van der Waals surface area contributed by atoms with Crippen LogP contribution in [0.3, 0.4) is 0 Å². The number of amides is 1. The maximum Gasteiger partial charge on any atom is 0.249 e. The van der Waals surface area contributed by atoms with Crippen LogP contribution in [0.15, 0.2) is 95.5 Å². The predicted octanol–water partition coefficient (Wildman–Crippen LogP) is 5.09. The molecule has 3 aromatic carbocycles. The molecule has 0 bridgehead atoms. The monoisotopic (exact) mass is 441 g/mol. The number of ether oxygens (including phenoxy) is 1. The van der Waals surface area contributed by atoms with Gasteiger partial charge in [-0.05, 0) is 18.1 Å². The Kier molecular flexibility index (Phi) is 7.61. The summed E-state index contributed by atoms with van der Waals surface area (Å²) in [6.07, 6.45) is 0.460. The van der Waals surface area contributed by atoms with E-state index in [9.17, 15) is 4.79 Å². The molecule has 0 spiro atoms. The van der Waals surface area contributed by atoms with Crippen LogP contribution in [0, 0.1) is 0 Å². The fourth-order valence-corrected chi connectivity index (χ4v) is 3.64. The van der Waals surface area contributed by atoms with Crippen molar-refractivity contribution < 1.29 is 14.1 Å². The predicted molar refractivity (Wildman–Crippen MR) is 126 cm³/mol. The van der Waals surface area contributed by atoms with E-state index in [4.69, 9.17) is 9.26 Å². The topological polar surface area (TPSA) is 68.5 Å². The van der Waals surface area contributed by atoms with Crippen LogP contribution in [-0.2, 0) is 22.6 Å². The van der Waals surface area contributed by atoms with Crippen LogP contribution >= 0.6 is 0 Å². The molecule has 0 aliphatic carbocycles. The number of benzene rings is 3. The molecule has 6 heteroatoms. The lowest BCUT2D eigenvalue weighted by molar-refractivity contribution is -0.138. The van der Waals surface area contributed by atoms with E-state index in [1.807, 2.05) is 103 Å². The fraction of sp³-hybridized carbons (Fsp3) is 0.222. The second kappa shape index (κ2) is 11.2. The maximum absolute atomic E-state index is 13.1. The van der Waals surface area contributed by atoms with Gasteiger partial charge >= 0.3 is 0 Å². The molecule has 33 heavy (non-hydrogen) atoms. The SMILES string of the molecule is CC(c1ccccc1)N(CCc1nc(-c2ccccc2)no1)C(=O)COCc1ccccc1. The van der Waals surface area contributed by atoms with Crippen molar-refractivity contribution in [1.82, 2.24) is 15.0 Å². The second-order valence-electron chi connectivity index (χ2n) is 7.78. The van der Waals surface area contributed by atoms with Crippen molar-refractivity contribution in [3.63, 3.8) is 0 Å². The Morgan fingerprint density at radius 3 is 2.27 bits per heavy atom. The summed E-state index contributed by atoms with van der Waals surface area (Å²) in [4.78, 5) is 19.4. The molecule has 1 amide bonds. The van der Waals surface area contributed by atoms with Gasteiger partial charge in [-0.3, -0.25) is 4.79 Å². The van der Waals surface area contributed by atoms with Crippen LogP contribution in [0.5, 0.6) is 0 Å². The number of carbonyl (C=O) groups is 1. The quantitative estimate of drug-likeness (QED) is 0.343. The largest absolute Gasteiger partial charge is 0.367 e. The van der Waals surface area contributed by atoms with Crippen molar-refractivity contribution in [3.8, 4) is 11.4 Å². The van der Waals surface area contributed by atoms with E-state index in [-0.39, 0.29) is 18.6 Å². The third kappa shape index (κ3) is 6.14. The Morgan fingerprint density at radius 1 is 0.939 bits per heavy atom. The highest BCUT2D eigenvalue weighted by Gasteiger charge is 2.22. The molecule has 4 aromatic rings. The number of nitrogens with zero attached hydrogens (tertiary/aromatic N) is 3. The standard InChI is InChI=1S/C27H27N3O3/c1-21(23-13-7-3-8-14-23)30(26(31)20-32-19-22-11-5-2-6-12-22)18-17-25-28-27(29-33-25)24-15-9-4-10-16-24/h2-16,21H,17-20H2,1H3. The first-order valence-electron chi connectivity index (χ1n) is 11.0. The van der Waals surface area contributed by atoms with Crippen LogP contribution in [0.4, 0.5) is 0 Å². The van der Waals surface area contributed by atoms with Gasteiger partial charge in [0.1, 0.15) is 6.61 Å². The molecule has 1 heterocycles. The normalized spacial score (nSPS) is 11.8. The van der Waals surface area contributed by atoms with Gasteiger partial charge in [-0.25, -0.2) is 0 Å². The molecule has 0 aliphatic heterocycles. The minimum absolute atomic E-state index is 0.00513. The zero-order valence-corrected chi connectivity index (χ0v) is 18.6. The molecular formula is C27H27N3O3. The molecule has 1 unspecified atom stereocenters. The van der Waals surface area contributed by atoms with Crippen molar-refractivity contribution in [2.24, 2.45) is 0 Å². The smallest absolute Gasteiger partial charge is 0.249 e. The summed E-state index contributed by atoms with van der Waals surface area (Å²) < 4.78 is 11.2. The lowest BCUT2D eigenvalue weighted by Crippen LogP contribution is -2.37. The molecular weight excluding hydrogens is 414 g/mol. The second-order valence-corrected chi connectivity index (χ2v) is 7.78. The Balaban J connectivity index is 1.42. The molecule has 168 valence electrons. The van der Waals surface area contributed by atoms with Crippen molar-refractivity contribution in [1.29, 1.82) is 0 Å². The first-order valence-corrected chi connectivity index (χ1v) is 11.0. The first-order chi connectivity index (χ1) is 16.2. The van der Waals surface area contributed by atoms with E-state index < -0.39 is 0 Å². The van der Waals surface area contributed by atoms with Gasteiger partial charge in [0, 0.05) is 18.5 Å². The van der Waals surface area contributed by atoms with Crippen molar-refractivity contribution in [2.75, 3.05) is 13.2 Å². The molecule has 0 aliphatic rings. The van der Waals surface area contributed by atoms with Gasteiger partial charge in [0.2, 0.25) is 17.6 Å². The minimum Gasteiger partial charge on any atom is -0.367 e. The Bertz CT molecular complexity index is 1130. The molecule has 0 fully saturated rings. The van der Waals surface area contributed by atoms with E-state index in [0.29, 0.717) is 31.3 Å². The molecule has 0 saturated carbocycles. The highest BCUT2D eigenvalue weighted by molar-refractivity contribution is 5.78. The molecule has 1 aromatic heterocycles. The number of rotatable bonds is 10. The van der Waals surface area contributed by atoms with Crippen LogP contribution in [0.1, 0.15) is 30.0 Å². The highest BCUT2D eigenvalue weighted by Crippen LogP contribution is 2.21. The minimum atomic E-state index is -0.115. The summed E-state index contributed by atoms with van der Waals surface area (Å²) in [7, 11) is 0. The van der Waals surface area contributed by atoms with Gasteiger partial charge in [0.25, 0.3) is 0 Å². The molecule has 0 radical (unpaired) electrons. The summed E-state index contributed by atoms with van der Waals surface area (Å²) in [5.74, 6) is 0.966. The Labute approximate surface area is 193 Å². The fourth-order valence-electron chi connectivity index (χ4n) is 3.64. The van der Waals surface area contributed by atoms with E-state index >= 15 is 0 Å². The van der Waals surface area contributed by atoms with Crippen LogP contribution in [0.2, 0.25) is 0 Å². The van der Waals surface area contributed by atoms with Crippen molar-refractivity contribution in [2.45, 2.75) is 26.0 Å². The van der Waals surface area contributed by atoms with E-state index in [1.165, 1.54) is 0 Å². The number of aromatic nitrogens is 2. The number of hydrogen-bond donors (Lipinski definition) is 0. The summed E-state index contributed by atoms with van der Waals surface area (Å²) in [5, 5.41) is 4.08. The van der Waals surface area contributed by atoms with Crippen molar-refractivity contribution >= 4 is 5.91 Å². The van der Waals surface area contributed by atoms with Gasteiger partial charge in [-0.1, -0.05) is 96.2 Å². The average molecular weight is 442 g/mol. The molecule has 6 nitrogen and oxygen atoms in total. The Hall–Kier alpha value is -3.77. The molecule has 4 rings (SSSR count). The summed E-state index contributed by atoms with van der Waals surface area (Å²) in [6.45, 7) is 2.86. The zero-order chi connectivity index (χ0) is 22.9. The maximum atomic E-state index is 13.1. The number of carbonyl (C=O) groups excluding carboxylic acids is 1. The summed E-state index contributed by atoms with van der Waals surface area (Å²) >= 11 is 0. The molecule has 1 atom stereocenters. The lowest BCUT2D eigenvalue weighted by Gasteiger charge is -2.29. The first kappa shape index (κ1) is 22.4. The average Bonchev–Trinajstić information content (AvgIpc) is 3.35. The zero-order valence-electron chi connectivity index (χ0n) is 18.6. The van der Waals surface area contributed by atoms with E-state index in [1.54, 1.807) is 0 Å². The summed E-state index contributed by atoms with van der Waals surface area (Å²) in [5.41, 5.74) is 2.99. The lowest BCUT2D eigenvalue weighted by atomic mass is 10.1. The van der Waals surface area contributed by atoms with Gasteiger partial charge < -0.3 is 14.2 Å². The molecule has 0 N–H and O–H groups in total. The van der Waals surface area contributed by atoms with Gasteiger partial charge in [0.05, 0.1) is 12.6 Å². The van der Waals surface area contributed by atoms with Crippen LogP contribution < -0.4 is 0 Å². The van der Waals surface area contributed by atoms with Gasteiger partial charge in [0.15, 0.2) is 0 Å². The van der Waals surface area contributed by atoms with Crippen LogP contribution in [-0.4, -0.2) is 34.1 Å². The highest BCUT2D eigenvalue weighted by atomic mass is 16.5. The third-order valence-electron chi connectivity index (χ3n) is 5.47. The van der Waals surface area contributed by atoms with E-state index in [2.05, 4.69) is 10.1 Å². The number of hydrogen-bond acceptors (Lipinski definition) is 5. The Morgan fingerprint density at radius 2 is 1.58 bits per heavy atom. The summed E-state index contributed by atoms with van der Waals surface area (Å²) in [6, 6.07) is 29.4. The van der Waals surface area contributed by atoms with Crippen LogP contribution in [0.25, 0.3) is 11.4 Å². The molecule has 0 saturated heterocycles. The van der Waals surface area contributed by atoms with E-state index in [0.717, 1.165) is 16.7 Å².